The summed E-state index contributed by atoms with van der Waals surface area (Å²) < 4.78 is 32.7. The van der Waals surface area contributed by atoms with E-state index in [4.69, 9.17) is 4.74 Å². The van der Waals surface area contributed by atoms with Crippen LogP contribution in [-0.4, -0.2) is 51.0 Å². The summed E-state index contributed by atoms with van der Waals surface area (Å²) in [6.07, 6.45) is 3.29. The predicted octanol–water partition coefficient (Wildman–Crippen LogP) is 2.00. The molecule has 3 rings (SSSR count). The zero-order chi connectivity index (χ0) is 18.7. The first kappa shape index (κ1) is 19.3. The molecule has 26 heavy (non-hydrogen) atoms. The maximum Gasteiger partial charge on any atom is 0.243 e. The molecule has 2 heterocycles. The molecule has 1 amide bonds. The Hall–Kier alpha value is -1.44. The van der Waals surface area contributed by atoms with Crippen molar-refractivity contribution in [2.45, 2.75) is 50.5 Å². The lowest BCUT2D eigenvalue weighted by Crippen LogP contribution is -2.44. The lowest BCUT2D eigenvalue weighted by Gasteiger charge is -2.30. The summed E-state index contributed by atoms with van der Waals surface area (Å²) in [4.78, 5) is 12.7. The summed E-state index contributed by atoms with van der Waals surface area (Å²) in [6.45, 7) is 5.97. The van der Waals surface area contributed by atoms with Crippen LogP contribution in [0.1, 0.15) is 36.8 Å². The van der Waals surface area contributed by atoms with E-state index < -0.39 is 10.0 Å². The highest BCUT2D eigenvalue weighted by atomic mass is 32.2. The van der Waals surface area contributed by atoms with E-state index in [1.165, 1.54) is 4.31 Å². The van der Waals surface area contributed by atoms with Gasteiger partial charge in [0.05, 0.1) is 11.0 Å². The zero-order valence-electron chi connectivity index (χ0n) is 15.5. The van der Waals surface area contributed by atoms with E-state index in [1.807, 2.05) is 19.9 Å². The summed E-state index contributed by atoms with van der Waals surface area (Å²) in [7, 11) is -3.49. The third-order valence-corrected chi connectivity index (χ3v) is 7.36. The van der Waals surface area contributed by atoms with Gasteiger partial charge in [0.25, 0.3) is 0 Å². The third kappa shape index (κ3) is 4.27. The zero-order valence-corrected chi connectivity index (χ0v) is 16.3. The van der Waals surface area contributed by atoms with Gasteiger partial charge in [-0.3, -0.25) is 4.79 Å². The van der Waals surface area contributed by atoms with Crippen LogP contribution in [0.3, 0.4) is 0 Å². The average molecular weight is 381 g/mol. The fourth-order valence-electron chi connectivity index (χ4n) is 3.55. The molecule has 0 radical (unpaired) electrons. The fourth-order valence-corrected chi connectivity index (χ4v) is 5.10. The van der Waals surface area contributed by atoms with Gasteiger partial charge in [0.2, 0.25) is 15.9 Å². The number of hydrogen-bond donors (Lipinski definition) is 1. The Labute approximate surface area is 156 Å². The number of benzene rings is 1. The topological polar surface area (TPSA) is 75.7 Å². The molecule has 1 unspecified atom stereocenters. The summed E-state index contributed by atoms with van der Waals surface area (Å²) in [5, 5.41) is 2.96. The van der Waals surface area contributed by atoms with E-state index >= 15 is 0 Å². The first-order chi connectivity index (χ1) is 12.4. The fraction of sp³-hybridized carbons (Fsp3) is 0.632. The highest BCUT2D eigenvalue weighted by Gasteiger charge is 2.32. The van der Waals surface area contributed by atoms with Gasteiger partial charge in [0, 0.05) is 32.2 Å². The molecule has 1 N–H and O–H groups in total. The van der Waals surface area contributed by atoms with E-state index in [1.54, 1.807) is 12.1 Å². The molecule has 1 aromatic rings. The van der Waals surface area contributed by atoms with Crippen molar-refractivity contribution in [2.24, 2.45) is 5.92 Å². The Balaban J connectivity index is 1.55. The monoisotopic (exact) mass is 380 g/mol. The number of piperidine rings is 1. The van der Waals surface area contributed by atoms with Crippen LogP contribution in [0, 0.1) is 19.8 Å². The molecule has 2 aliphatic rings. The van der Waals surface area contributed by atoms with E-state index in [0.717, 1.165) is 30.6 Å². The Morgan fingerprint density at radius 2 is 1.92 bits per heavy atom. The summed E-state index contributed by atoms with van der Waals surface area (Å²) >= 11 is 0. The Kier molecular flexibility index (Phi) is 5.99. The second kappa shape index (κ2) is 8.06. The highest BCUT2D eigenvalue weighted by Crippen LogP contribution is 2.25. The SMILES string of the molecule is Cc1ccc(S(=O)(=O)N2CCC(C(=O)NCC3CCCO3)CC2)cc1C. The van der Waals surface area contributed by atoms with Crippen LogP contribution in [0.15, 0.2) is 23.1 Å². The van der Waals surface area contributed by atoms with Gasteiger partial charge in [0.15, 0.2) is 0 Å². The van der Waals surface area contributed by atoms with Crippen LogP contribution in [0.4, 0.5) is 0 Å². The number of carbonyl (C=O) groups is 1. The molecule has 0 saturated carbocycles. The second-order valence-electron chi connectivity index (χ2n) is 7.30. The minimum atomic E-state index is -3.49. The number of ether oxygens (including phenoxy) is 1. The van der Waals surface area contributed by atoms with Crippen molar-refractivity contribution in [1.82, 2.24) is 9.62 Å². The average Bonchev–Trinajstić information content (AvgIpc) is 3.15. The Morgan fingerprint density at radius 1 is 1.19 bits per heavy atom. The molecule has 1 atom stereocenters. The molecule has 0 aliphatic carbocycles. The van der Waals surface area contributed by atoms with Gasteiger partial charge in [-0.1, -0.05) is 6.07 Å². The maximum absolute atomic E-state index is 12.8. The molecule has 0 aromatic heterocycles. The maximum atomic E-state index is 12.8. The van der Waals surface area contributed by atoms with E-state index in [2.05, 4.69) is 5.32 Å². The van der Waals surface area contributed by atoms with E-state index in [0.29, 0.717) is 37.4 Å². The molecular weight excluding hydrogens is 352 g/mol. The van der Waals surface area contributed by atoms with Crippen molar-refractivity contribution in [2.75, 3.05) is 26.2 Å². The lowest BCUT2D eigenvalue weighted by molar-refractivity contribution is -0.126. The molecule has 0 bridgehead atoms. The van der Waals surface area contributed by atoms with Crippen molar-refractivity contribution in [3.05, 3.63) is 29.3 Å². The molecule has 2 aliphatic heterocycles. The quantitative estimate of drug-likeness (QED) is 0.848. The minimum Gasteiger partial charge on any atom is -0.376 e. The Morgan fingerprint density at radius 3 is 2.54 bits per heavy atom. The molecule has 2 saturated heterocycles. The number of sulfonamides is 1. The van der Waals surface area contributed by atoms with Gasteiger partial charge >= 0.3 is 0 Å². The highest BCUT2D eigenvalue weighted by molar-refractivity contribution is 7.89. The number of amides is 1. The van der Waals surface area contributed by atoms with Gasteiger partial charge in [-0.2, -0.15) is 4.31 Å². The number of hydrogen-bond acceptors (Lipinski definition) is 4. The largest absolute Gasteiger partial charge is 0.376 e. The number of aryl methyl sites for hydroxylation is 2. The molecule has 7 heteroatoms. The Bertz CT molecular complexity index is 749. The van der Waals surface area contributed by atoms with Crippen molar-refractivity contribution in [3.63, 3.8) is 0 Å². The second-order valence-corrected chi connectivity index (χ2v) is 9.24. The smallest absolute Gasteiger partial charge is 0.243 e. The van der Waals surface area contributed by atoms with Crippen LogP contribution in [0.2, 0.25) is 0 Å². The van der Waals surface area contributed by atoms with Crippen LogP contribution in [0.25, 0.3) is 0 Å². The lowest BCUT2D eigenvalue weighted by atomic mass is 9.97. The normalized spacial score (nSPS) is 22.5. The third-order valence-electron chi connectivity index (χ3n) is 5.47. The van der Waals surface area contributed by atoms with Gasteiger partial charge in [-0.25, -0.2) is 8.42 Å². The number of carbonyl (C=O) groups excluding carboxylic acids is 1. The van der Waals surface area contributed by atoms with Gasteiger partial charge in [-0.05, 0) is 62.8 Å². The minimum absolute atomic E-state index is 0.0173. The summed E-state index contributed by atoms with van der Waals surface area (Å²) in [6, 6.07) is 5.23. The molecule has 0 spiro atoms. The number of nitrogens with one attached hydrogen (secondary N) is 1. The standard InChI is InChI=1S/C19H28N2O4S/c1-14-5-6-18(12-15(14)2)26(23,24)21-9-7-16(8-10-21)19(22)20-13-17-4-3-11-25-17/h5-6,12,16-17H,3-4,7-11,13H2,1-2H3,(H,20,22). The van der Waals surface area contributed by atoms with Crippen molar-refractivity contribution >= 4 is 15.9 Å². The van der Waals surface area contributed by atoms with Crippen LogP contribution in [0.5, 0.6) is 0 Å². The van der Waals surface area contributed by atoms with Crippen molar-refractivity contribution < 1.29 is 17.9 Å². The van der Waals surface area contributed by atoms with E-state index in [-0.39, 0.29) is 17.9 Å². The predicted molar refractivity (Wildman–Crippen MR) is 99.4 cm³/mol. The van der Waals surface area contributed by atoms with Crippen LogP contribution >= 0.6 is 0 Å². The van der Waals surface area contributed by atoms with Crippen LogP contribution in [-0.2, 0) is 19.6 Å². The molecular formula is C19H28N2O4S. The summed E-state index contributed by atoms with van der Waals surface area (Å²) in [5.74, 6) is -0.105. The molecule has 1 aromatic carbocycles. The van der Waals surface area contributed by atoms with Gasteiger partial charge in [0.1, 0.15) is 0 Å². The number of rotatable bonds is 5. The molecule has 6 nitrogen and oxygen atoms in total. The summed E-state index contributed by atoms with van der Waals surface area (Å²) in [5.41, 5.74) is 2.04. The van der Waals surface area contributed by atoms with Crippen molar-refractivity contribution in [1.29, 1.82) is 0 Å². The molecule has 144 valence electrons. The van der Waals surface area contributed by atoms with Gasteiger partial charge in [-0.15, -0.1) is 0 Å². The first-order valence-corrected chi connectivity index (χ1v) is 10.8. The van der Waals surface area contributed by atoms with E-state index in [9.17, 15) is 13.2 Å². The van der Waals surface area contributed by atoms with Crippen molar-refractivity contribution in [3.8, 4) is 0 Å². The first-order valence-electron chi connectivity index (χ1n) is 9.34. The number of nitrogens with zero attached hydrogens (tertiary/aromatic N) is 1. The molecule has 2 fully saturated rings. The van der Waals surface area contributed by atoms with Gasteiger partial charge < -0.3 is 10.1 Å². The van der Waals surface area contributed by atoms with Crippen LogP contribution < -0.4 is 5.32 Å².